The van der Waals surface area contributed by atoms with Gasteiger partial charge in [0.2, 0.25) is 0 Å². The summed E-state index contributed by atoms with van der Waals surface area (Å²) in [7, 11) is 0. The Morgan fingerprint density at radius 1 is 0.725 bits per heavy atom. The summed E-state index contributed by atoms with van der Waals surface area (Å²) in [5.74, 6) is 5.61. The van der Waals surface area contributed by atoms with Crippen LogP contribution in [0.2, 0.25) is 0 Å². The van der Waals surface area contributed by atoms with Crippen LogP contribution in [0.1, 0.15) is 99.8 Å². The first kappa shape index (κ1) is 25.2. The van der Waals surface area contributed by atoms with Crippen LogP contribution in [0.3, 0.4) is 0 Å². The molecular weight excluding hydrogens is 482 g/mol. The number of benzene rings is 1. The molecule has 8 atom stereocenters. The predicted octanol–water partition coefficient (Wildman–Crippen LogP) is 9.81. The standard InChI is InChI=1S/C39H47N/c1-3-15-29-26(11-1)13-9-21-31(29)37-24-23-28(25-40-37)38-33-17-5-7-19-35(33)39(36-20-8-6-18-34(36)38)32-22-10-14-27-12-2-4-16-30(27)32/h1,4-7,9,11,13,16,18,21,25,32-40H,2-3,8,10,12,14-15,17,19-20,22-24H2. The molecule has 1 nitrogen and oxygen atoms in total. The summed E-state index contributed by atoms with van der Waals surface area (Å²) in [6.07, 6.45) is 39.7. The van der Waals surface area contributed by atoms with Gasteiger partial charge < -0.3 is 5.32 Å². The van der Waals surface area contributed by atoms with Gasteiger partial charge in [-0.1, -0.05) is 78.0 Å². The molecule has 8 unspecified atom stereocenters. The lowest BCUT2D eigenvalue weighted by atomic mass is 9.47. The quantitative estimate of drug-likeness (QED) is 0.384. The molecule has 208 valence electrons. The van der Waals surface area contributed by atoms with E-state index in [1.165, 1.54) is 89.0 Å². The van der Waals surface area contributed by atoms with E-state index in [2.05, 4.69) is 78.3 Å². The normalized spacial score (nSPS) is 38.0. The number of allylic oxidation sites excluding steroid dienone is 10. The smallest absolute Gasteiger partial charge is 0.0514 e. The second-order valence-electron chi connectivity index (χ2n) is 14.0. The maximum atomic E-state index is 3.99. The van der Waals surface area contributed by atoms with Crippen LogP contribution in [0.15, 0.2) is 83.7 Å². The Labute approximate surface area is 242 Å². The molecule has 7 aliphatic rings. The summed E-state index contributed by atoms with van der Waals surface area (Å²) in [6, 6.07) is 7.44. The molecule has 1 saturated carbocycles. The number of nitrogens with one attached hydrogen (secondary N) is 1. The lowest BCUT2D eigenvalue weighted by molar-refractivity contribution is -0.0224. The molecule has 1 fully saturated rings. The molecule has 1 heterocycles. The molecule has 1 N–H and O–H groups in total. The van der Waals surface area contributed by atoms with E-state index in [0.29, 0.717) is 12.0 Å². The zero-order chi connectivity index (χ0) is 26.5. The monoisotopic (exact) mass is 529 g/mol. The van der Waals surface area contributed by atoms with Crippen molar-refractivity contribution in [1.29, 1.82) is 0 Å². The van der Waals surface area contributed by atoms with Crippen LogP contribution in [0.25, 0.3) is 6.08 Å². The van der Waals surface area contributed by atoms with E-state index < -0.39 is 0 Å². The molecule has 1 aromatic carbocycles. The highest BCUT2D eigenvalue weighted by Crippen LogP contribution is 2.60. The van der Waals surface area contributed by atoms with Crippen LogP contribution in [-0.2, 0) is 6.42 Å². The van der Waals surface area contributed by atoms with Gasteiger partial charge in [-0.2, -0.15) is 0 Å². The maximum Gasteiger partial charge on any atom is 0.0514 e. The molecular formula is C39H47N. The van der Waals surface area contributed by atoms with Gasteiger partial charge in [0, 0.05) is 0 Å². The van der Waals surface area contributed by atoms with Crippen molar-refractivity contribution in [2.75, 3.05) is 0 Å². The van der Waals surface area contributed by atoms with Crippen LogP contribution in [-0.4, -0.2) is 0 Å². The Bertz CT molecular complexity index is 1310. The first-order valence-corrected chi connectivity index (χ1v) is 16.8. The van der Waals surface area contributed by atoms with Crippen molar-refractivity contribution in [2.24, 2.45) is 41.4 Å². The van der Waals surface area contributed by atoms with Crippen molar-refractivity contribution in [3.63, 3.8) is 0 Å². The van der Waals surface area contributed by atoms with Crippen molar-refractivity contribution >= 4 is 6.08 Å². The van der Waals surface area contributed by atoms with E-state index in [9.17, 15) is 0 Å². The minimum atomic E-state index is 0.465. The molecule has 1 aliphatic heterocycles. The van der Waals surface area contributed by atoms with Crippen molar-refractivity contribution in [3.05, 3.63) is 100 Å². The molecule has 40 heavy (non-hydrogen) atoms. The Kier molecular flexibility index (Phi) is 6.74. The van der Waals surface area contributed by atoms with Crippen LogP contribution < -0.4 is 5.32 Å². The van der Waals surface area contributed by atoms with Crippen molar-refractivity contribution in [2.45, 2.75) is 89.5 Å². The van der Waals surface area contributed by atoms with E-state index in [1.54, 1.807) is 22.3 Å². The zero-order valence-electron chi connectivity index (χ0n) is 24.2. The third-order valence-corrected chi connectivity index (χ3v) is 12.2. The number of hydrogen-bond acceptors (Lipinski definition) is 1. The fourth-order valence-electron chi connectivity index (χ4n) is 10.6. The van der Waals surface area contributed by atoms with E-state index in [-0.39, 0.29) is 0 Å². The maximum absolute atomic E-state index is 3.99. The minimum absolute atomic E-state index is 0.465. The third-order valence-electron chi connectivity index (χ3n) is 12.2. The Balaban J connectivity index is 1.12. The van der Waals surface area contributed by atoms with E-state index >= 15 is 0 Å². The van der Waals surface area contributed by atoms with E-state index in [1.807, 2.05) is 5.57 Å². The molecule has 1 heteroatoms. The van der Waals surface area contributed by atoms with Gasteiger partial charge in [-0.3, -0.25) is 0 Å². The molecule has 0 radical (unpaired) electrons. The second-order valence-corrected chi connectivity index (χ2v) is 14.0. The highest BCUT2D eigenvalue weighted by Gasteiger charge is 2.53. The highest BCUT2D eigenvalue weighted by molar-refractivity contribution is 5.59. The fourth-order valence-corrected chi connectivity index (χ4v) is 10.6. The van der Waals surface area contributed by atoms with Crippen molar-refractivity contribution < 1.29 is 0 Å². The van der Waals surface area contributed by atoms with Gasteiger partial charge in [-0.25, -0.2) is 0 Å². The van der Waals surface area contributed by atoms with Crippen LogP contribution in [0.5, 0.6) is 0 Å². The highest BCUT2D eigenvalue weighted by atomic mass is 14.9. The lowest BCUT2D eigenvalue weighted by Crippen LogP contribution is -2.51. The topological polar surface area (TPSA) is 12.0 Å². The molecule has 1 aromatic rings. The average molecular weight is 530 g/mol. The van der Waals surface area contributed by atoms with Gasteiger partial charge in [0.25, 0.3) is 0 Å². The summed E-state index contributed by atoms with van der Waals surface area (Å²) < 4.78 is 0. The molecule has 0 saturated heterocycles. The first-order chi connectivity index (χ1) is 19.9. The van der Waals surface area contributed by atoms with Gasteiger partial charge in [0.05, 0.1) is 6.04 Å². The van der Waals surface area contributed by atoms with Gasteiger partial charge in [0.1, 0.15) is 0 Å². The second kappa shape index (κ2) is 10.7. The Morgan fingerprint density at radius 2 is 1.62 bits per heavy atom. The van der Waals surface area contributed by atoms with Gasteiger partial charge in [0.15, 0.2) is 0 Å². The lowest BCUT2D eigenvalue weighted by Gasteiger charge is -2.57. The van der Waals surface area contributed by atoms with Gasteiger partial charge in [-0.15, -0.1) is 0 Å². The summed E-state index contributed by atoms with van der Waals surface area (Å²) in [5, 5.41) is 3.99. The summed E-state index contributed by atoms with van der Waals surface area (Å²) in [6.45, 7) is 0. The zero-order valence-corrected chi connectivity index (χ0v) is 24.2. The molecule has 0 bridgehead atoms. The number of rotatable bonds is 3. The fraction of sp³-hybridized carbons (Fsp3) is 0.538. The van der Waals surface area contributed by atoms with Gasteiger partial charge >= 0.3 is 0 Å². The molecule has 8 rings (SSSR count). The molecule has 0 amide bonds. The predicted molar refractivity (Wildman–Crippen MR) is 167 cm³/mol. The van der Waals surface area contributed by atoms with Crippen molar-refractivity contribution in [3.8, 4) is 0 Å². The first-order valence-electron chi connectivity index (χ1n) is 16.8. The summed E-state index contributed by atoms with van der Waals surface area (Å²) in [4.78, 5) is 0. The average Bonchev–Trinajstić information content (AvgIpc) is 3.03. The Morgan fingerprint density at radius 3 is 2.55 bits per heavy atom. The van der Waals surface area contributed by atoms with Crippen molar-refractivity contribution in [1.82, 2.24) is 5.32 Å². The summed E-state index contributed by atoms with van der Waals surface area (Å²) >= 11 is 0. The molecule has 6 aliphatic carbocycles. The number of hydrogen-bond donors (Lipinski definition) is 1. The minimum Gasteiger partial charge on any atom is -0.384 e. The Hall–Kier alpha value is -2.54. The van der Waals surface area contributed by atoms with Crippen LogP contribution >= 0.6 is 0 Å². The largest absolute Gasteiger partial charge is 0.384 e. The SMILES string of the molecule is C1=CC2=C(CC1)CCCC2C1C2CCC=CC2C(C2=CNC(c3cccc4c3CCC=C4)CC2)C2CC=CCC21. The molecule has 0 aromatic heterocycles. The molecule has 0 spiro atoms. The summed E-state index contributed by atoms with van der Waals surface area (Å²) in [5.41, 5.74) is 9.95. The van der Waals surface area contributed by atoms with E-state index in [0.717, 1.165) is 35.5 Å². The third kappa shape index (κ3) is 4.26. The van der Waals surface area contributed by atoms with Crippen LogP contribution in [0, 0.1) is 41.4 Å². The number of fused-ring (bicyclic) bond motifs is 3. The van der Waals surface area contributed by atoms with Crippen LogP contribution in [0.4, 0.5) is 0 Å². The van der Waals surface area contributed by atoms with E-state index in [4.69, 9.17) is 0 Å². The van der Waals surface area contributed by atoms with Gasteiger partial charge in [-0.05, 0) is 153 Å².